The summed E-state index contributed by atoms with van der Waals surface area (Å²) in [5.41, 5.74) is 4.90. The van der Waals surface area contributed by atoms with Crippen LogP contribution in [0.1, 0.15) is 44.9 Å². The number of hydrogen-bond donors (Lipinski definition) is 4. The Kier molecular flexibility index (Phi) is 11.2. The Labute approximate surface area is 199 Å². The fourth-order valence-corrected chi connectivity index (χ4v) is 4.43. The number of carbonyl (C=O) groups is 3. The maximum Gasteiger partial charge on any atom is 0.328 e. The molecular formula is C19H30N4O12. The first-order valence-electron chi connectivity index (χ1n) is 11.3. The van der Waals surface area contributed by atoms with Gasteiger partial charge in [0.25, 0.3) is 0 Å². The van der Waals surface area contributed by atoms with Gasteiger partial charge in [0.15, 0.2) is 0 Å². The van der Waals surface area contributed by atoms with E-state index in [9.17, 15) is 44.8 Å². The van der Waals surface area contributed by atoms with E-state index in [1.54, 1.807) is 0 Å². The van der Waals surface area contributed by atoms with Gasteiger partial charge < -0.3 is 15.1 Å². The molecule has 0 saturated heterocycles. The Bertz CT molecular complexity index is 781. The van der Waals surface area contributed by atoms with Crippen molar-refractivity contribution in [3.8, 4) is 0 Å². The van der Waals surface area contributed by atoms with Crippen LogP contribution in [0.2, 0.25) is 0 Å². The Hall–Kier alpha value is -2.95. The number of rotatable bonds is 14. The Morgan fingerprint density at radius 3 is 2.00 bits per heavy atom. The van der Waals surface area contributed by atoms with Crippen LogP contribution in [0.5, 0.6) is 0 Å². The minimum Gasteiger partial charge on any atom is -0.481 e. The monoisotopic (exact) mass is 506 g/mol. The second-order valence-corrected chi connectivity index (χ2v) is 8.69. The average molecular weight is 506 g/mol. The minimum absolute atomic E-state index is 0.0479. The van der Waals surface area contributed by atoms with E-state index < -0.39 is 63.5 Å². The first kappa shape index (κ1) is 28.3. The number of nitrogens with zero attached hydrogens (tertiary/aromatic N) is 2. The highest BCUT2D eigenvalue weighted by Crippen LogP contribution is 2.33. The highest BCUT2D eigenvalue weighted by atomic mass is 17.3. The van der Waals surface area contributed by atoms with Gasteiger partial charge in [-0.2, -0.15) is 11.0 Å². The molecule has 2 fully saturated rings. The van der Waals surface area contributed by atoms with Gasteiger partial charge >= 0.3 is 17.9 Å². The van der Waals surface area contributed by atoms with Crippen LogP contribution in [0, 0.1) is 43.9 Å². The summed E-state index contributed by atoms with van der Waals surface area (Å²) in [6.45, 7) is 0.399. The number of carbonyl (C=O) groups excluding carboxylic acids is 1. The summed E-state index contributed by atoms with van der Waals surface area (Å²) in [7, 11) is 0. The molecule has 2 aliphatic rings. The molecule has 0 bridgehead atoms. The molecule has 6 unspecified atom stereocenters. The van der Waals surface area contributed by atoms with Gasteiger partial charge in [-0.15, -0.1) is 4.99 Å². The molecule has 0 aromatic rings. The largest absolute Gasteiger partial charge is 0.481 e. The second kappa shape index (κ2) is 13.8. The van der Waals surface area contributed by atoms with Crippen LogP contribution >= 0.6 is 0 Å². The van der Waals surface area contributed by atoms with Crippen LogP contribution in [0.3, 0.4) is 0 Å². The van der Waals surface area contributed by atoms with Crippen molar-refractivity contribution in [3.63, 3.8) is 0 Å². The number of nitrogens with one attached hydrogen (secondary N) is 2. The third-order valence-corrected chi connectivity index (χ3v) is 6.45. The summed E-state index contributed by atoms with van der Waals surface area (Å²) >= 11 is 0. The van der Waals surface area contributed by atoms with Gasteiger partial charge in [0.05, 0.1) is 24.4 Å². The Morgan fingerprint density at radius 1 is 0.829 bits per heavy atom. The maximum atomic E-state index is 12.2. The van der Waals surface area contributed by atoms with E-state index in [0.717, 1.165) is 0 Å². The van der Waals surface area contributed by atoms with Crippen LogP contribution in [0.4, 0.5) is 0 Å². The summed E-state index contributed by atoms with van der Waals surface area (Å²) in [4.78, 5) is 70.5. The van der Waals surface area contributed by atoms with Crippen molar-refractivity contribution in [2.45, 2.75) is 57.0 Å². The smallest absolute Gasteiger partial charge is 0.328 e. The zero-order valence-electron chi connectivity index (χ0n) is 18.9. The third kappa shape index (κ3) is 8.65. The number of aliphatic carboxylic acids is 2. The van der Waals surface area contributed by atoms with E-state index >= 15 is 0 Å². The Balaban J connectivity index is 1.57. The van der Waals surface area contributed by atoms with E-state index in [1.807, 2.05) is 0 Å². The van der Waals surface area contributed by atoms with Crippen molar-refractivity contribution >= 4 is 17.9 Å². The predicted octanol–water partition coefficient (Wildman–Crippen LogP) is 0.170. The van der Waals surface area contributed by atoms with Crippen molar-refractivity contribution in [1.29, 1.82) is 0 Å². The lowest BCUT2D eigenvalue weighted by Crippen LogP contribution is -2.42. The molecule has 0 heterocycles. The van der Waals surface area contributed by atoms with Crippen LogP contribution in [-0.4, -0.2) is 69.7 Å². The van der Waals surface area contributed by atoms with Gasteiger partial charge in [-0.3, -0.25) is 34.6 Å². The number of carboxylic acids is 2. The minimum atomic E-state index is -1.28. The van der Waals surface area contributed by atoms with Crippen LogP contribution in [-0.2, 0) is 29.1 Å². The number of nitro groups is 2. The molecule has 2 aliphatic carbocycles. The van der Waals surface area contributed by atoms with Gasteiger partial charge in [0.1, 0.15) is 0 Å². The lowest BCUT2D eigenvalue weighted by atomic mass is 9.77. The molecule has 0 radical (unpaired) electrons. The molecule has 2 rings (SSSR count). The van der Waals surface area contributed by atoms with E-state index in [-0.39, 0.29) is 51.8 Å². The van der Waals surface area contributed by atoms with E-state index in [4.69, 9.17) is 14.7 Å². The van der Waals surface area contributed by atoms with Crippen molar-refractivity contribution in [2.75, 3.05) is 19.7 Å². The zero-order valence-corrected chi connectivity index (χ0v) is 18.9. The van der Waals surface area contributed by atoms with Gasteiger partial charge in [0, 0.05) is 48.6 Å². The van der Waals surface area contributed by atoms with Crippen molar-refractivity contribution in [1.82, 2.24) is 11.0 Å². The quantitative estimate of drug-likeness (QED) is 0.106. The van der Waals surface area contributed by atoms with E-state index in [1.165, 1.54) is 0 Å². The number of carboxylic acid groups (broad SMARTS) is 2. The van der Waals surface area contributed by atoms with Crippen LogP contribution in [0.15, 0.2) is 0 Å². The summed E-state index contributed by atoms with van der Waals surface area (Å²) in [6, 6.07) is -1.87. The SMILES string of the molecule is O=C(O)C1CC([N+](=O)[O-])CCC1COONCCCNOC(=O)C1CCC([N+](=O)[O-])CC1C(=O)O. The van der Waals surface area contributed by atoms with Gasteiger partial charge in [0.2, 0.25) is 12.1 Å². The molecule has 0 aromatic heterocycles. The van der Waals surface area contributed by atoms with E-state index in [2.05, 4.69) is 11.0 Å². The topological polar surface area (TPSA) is 230 Å². The van der Waals surface area contributed by atoms with Gasteiger partial charge in [-0.05, 0) is 25.2 Å². The first-order valence-corrected chi connectivity index (χ1v) is 11.3. The molecule has 35 heavy (non-hydrogen) atoms. The standard InChI is InChI=1S/C19H30N4O12/c24-17(25)15-8-12(22(29)30)3-2-11(15)10-33-35-21-7-1-6-20-34-19(28)14-5-4-13(23(31)32)9-16(14)18(26)27/h11-16,20-21H,1-10H2,(H,24,25)(H,26,27). The van der Waals surface area contributed by atoms with Gasteiger partial charge in [-0.25, -0.2) is 4.89 Å². The molecular weight excluding hydrogens is 476 g/mol. The molecule has 6 atom stereocenters. The zero-order chi connectivity index (χ0) is 26.0. The molecule has 4 N–H and O–H groups in total. The lowest BCUT2D eigenvalue weighted by molar-refractivity contribution is -0.528. The van der Waals surface area contributed by atoms with E-state index in [0.29, 0.717) is 12.8 Å². The fourth-order valence-electron chi connectivity index (χ4n) is 4.43. The Morgan fingerprint density at radius 2 is 1.40 bits per heavy atom. The van der Waals surface area contributed by atoms with Gasteiger partial charge in [-0.1, -0.05) is 0 Å². The highest BCUT2D eigenvalue weighted by molar-refractivity contribution is 5.81. The average Bonchev–Trinajstić information content (AvgIpc) is 2.82. The van der Waals surface area contributed by atoms with Crippen LogP contribution < -0.4 is 11.0 Å². The first-order chi connectivity index (χ1) is 16.6. The number of hydrogen-bond acceptors (Lipinski definition) is 12. The summed E-state index contributed by atoms with van der Waals surface area (Å²) in [5.74, 6) is -6.64. The fraction of sp³-hybridized carbons (Fsp3) is 0.842. The molecule has 0 spiro atoms. The predicted molar refractivity (Wildman–Crippen MR) is 112 cm³/mol. The molecule has 2 saturated carbocycles. The summed E-state index contributed by atoms with van der Waals surface area (Å²) < 4.78 is 0. The molecule has 16 nitrogen and oxygen atoms in total. The third-order valence-electron chi connectivity index (χ3n) is 6.45. The lowest BCUT2D eigenvalue weighted by Gasteiger charge is -2.29. The summed E-state index contributed by atoms with van der Waals surface area (Å²) in [6.07, 6.45) is 0.865. The van der Waals surface area contributed by atoms with Crippen molar-refractivity contribution in [2.24, 2.45) is 23.7 Å². The van der Waals surface area contributed by atoms with Crippen molar-refractivity contribution < 1.29 is 49.2 Å². The maximum absolute atomic E-state index is 12.2. The summed E-state index contributed by atoms with van der Waals surface area (Å²) in [5, 5.41) is 40.4. The molecule has 0 aromatic carbocycles. The molecule has 16 heteroatoms. The van der Waals surface area contributed by atoms with Crippen molar-refractivity contribution in [3.05, 3.63) is 20.2 Å². The normalized spacial score (nSPS) is 28.7. The molecule has 0 aliphatic heterocycles. The highest BCUT2D eigenvalue weighted by Gasteiger charge is 2.44. The number of hydroxylamine groups is 2. The molecule has 198 valence electrons. The second-order valence-electron chi connectivity index (χ2n) is 8.69. The molecule has 0 amide bonds. The van der Waals surface area contributed by atoms with Crippen LogP contribution in [0.25, 0.3) is 0 Å².